The van der Waals surface area contributed by atoms with Crippen LogP contribution in [0.2, 0.25) is 0 Å². The van der Waals surface area contributed by atoms with Crippen molar-refractivity contribution in [2.45, 2.75) is 98.3 Å². The Labute approximate surface area is 134 Å². The lowest BCUT2D eigenvalue weighted by atomic mass is 9.69. The maximum atomic E-state index is 4.44. The lowest BCUT2D eigenvalue weighted by Gasteiger charge is -2.36. The Kier molecular flexibility index (Phi) is 9.36. The van der Waals surface area contributed by atoms with E-state index < -0.39 is 0 Å². The SMILES string of the molecule is C=C1CCCCC1C(CCCCC)C(C)CCC(C)CC. The van der Waals surface area contributed by atoms with Crippen molar-refractivity contribution in [3.63, 3.8) is 0 Å². The summed E-state index contributed by atoms with van der Waals surface area (Å²) in [7, 11) is 0. The molecule has 21 heavy (non-hydrogen) atoms. The number of allylic oxidation sites excluding steroid dienone is 1. The van der Waals surface area contributed by atoms with Gasteiger partial charge in [-0.2, -0.15) is 0 Å². The van der Waals surface area contributed by atoms with Crippen LogP contribution in [0.15, 0.2) is 12.2 Å². The van der Waals surface area contributed by atoms with Crippen LogP contribution in [0.4, 0.5) is 0 Å². The van der Waals surface area contributed by atoms with Crippen LogP contribution < -0.4 is 0 Å². The first-order valence-corrected chi connectivity index (χ1v) is 9.77. The van der Waals surface area contributed by atoms with E-state index in [-0.39, 0.29) is 0 Å². The molecule has 0 aliphatic heterocycles. The zero-order chi connectivity index (χ0) is 15.7. The van der Waals surface area contributed by atoms with Gasteiger partial charge < -0.3 is 0 Å². The standard InChI is InChI=1S/C21H40/c1-6-8-9-13-21(19(5)16-15-17(3)7-2)20-14-11-10-12-18(20)4/h17,19-21H,4,6-16H2,1-3,5H3. The fourth-order valence-corrected chi connectivity index (χ4v) is 4.10. The van der Waals surface area contributed by atoms with Crippen molar-refractivity contribution in [2.24, 2.45) is 23.7 Å². The van der Waals surface area contributed by atoms with E-state index >= 15 is 0 Å². The monoisotopic (exact) mass is 292 g/mol. The molecular weight excluding hydrogens is 252 g/mol. The molecule has 0 aromatic carbocycles. The largest absolute Gasteiger partial charge is 0.0996 e. The Morgan fingerprint density at radius 3 is 2.43 bits per heavy atom. The van der Waals surface area contributed by atoms with Crippen molar-refractivity contribution < 1.29 is 0 Å². The van der Waals surface area contributed by atoms with Gasteiger partial charge in [-0.3, -0.25) is 0 Å². The van der Waals surface area contributed by atoms with Crippen molar-refractivity contribution in [3.05, 3.63) is 12.2 Å². The lowest BCUT2D eigenvalue weighted by molar-refractivity contribution is 0.198. The molecule has 0 N–H and O–H groups in total. The van der Waals surface area contributed by atoms with E-state index in [1.807, 2.05) is 0 Å². The molecule has 1 rings (SSSR count). The van der Waals surface area contributed by atoms with Crippen LogP contribution >= 0.6 is 0 Å². The average Bonchev–Trinajstić information content (AvgIpc) is 2.50. The third-order valence-corrected chi connectivity index (χ3v) is 5.99. The minimum atomic E-state index is 0.836. The normalized spacial score (nSPS) is 23.8. The zero-order valence-electron chi connectivity index (χ0n) is 15.3. The van der Waals surface area contributed by atoms with Gasteiger partial charge in [-0.1, -0.05) is 84.8 Å². The van der Waals surface area contributed by atoms with E-state index in [2.05, 4.69) is 34.3 Å². The van der Waals surface area contributed by atoms with Crippen LogP contribution in [0.3, 0.4) is 0 Å². The molecule has 1 saturated carbocycles. The third kappa shape index (κ3) is 6.57. The van der Waals surface area contributed by atoms with Gasteiger partial charge in [0.25, 0.3) is 0 Å². The van der Waals surface area contributed by atoms with E-state index in [9.17, 15) is 0 Å². The van der Waals surface area contributed by atoms with E-state index in [1.165, 1.54) is 70.6 Å². The highest BCUT2D eigenvalue weighted by Gasteiger charge is 2.29. The molecule has 1 aliphatic rings. The molecule has 4 unspecified atom stereocenters. The third-order valence-electron chi connectivity index (χ3n) is 5.99. The molecule has 0 heteroatoms. The van der Waals surface area contributed by atoms with Gasteiger partial charge in [0.1, 0.15) is 0 Å². The molecule has 1 aliphatic carbocycles. The molecule has 0 amide bonds. The van der Waals surface area contributed by atoms with Gasteiger partial charge in [0.2, 0.25) is 0 Å². The summed E-state index contributed by atoms with van der Waals surface area (Å²) in [4.78, 5) is 0. The molecular formula is C21H40. The predicted molar refractivity (Wildman–Crippen MR) is 96.6 cm³/mol. The van der Waals surface area contributed by atoms with Crippen molar-refractivity contribution in [2.75, 3.05) is 0 Å². The number of unbranched alkanes of at least 4 members (excludes halogenated alkanes) is 2. The summed E-state index contributed by atoms with van der Waals surface area (Å²) in [6.07, 6.45) is 15.4. The predicted octanol–water partition coefficient (Wildman–Crippen LogP) is 7.39. The van der Waals surface area contributed by atoms with Crippen molar-refractivity contribution in [1.29, 1.82) is 0 Å². The number of rotatable bonds is 10. The Hall–Kier alpha value is -0.260. The highest BCUT2D eigenvalue weighted by Crippen LogP contribution is 2.41. The molecule has 0 aromatic rings. The summed E-state index contributed by atoms with van der Waals surface area (Å²) in [5.41, 5.74) is 1.58. The zero-order valence-corrected chi connectivity index (χ0v) is 15.3. The summed E-state index contributed by atoms with van der Waals surface area (Å²) in [6.45, 7) is 14.0. The van der Waals surface area contributed by atoms with Crippen LogP contribution in [-0.4, -0.2) is 0 Å². The molecule has 124 valence electrons. The van der Waals surface area contributed by atoms with E-state index in [0.29, 0.717) is 0 Å². The lowest BCUT2D eigenvalue weighted by Crippen LogP contribution is -2.26. The van der Waals surface area contributed by atoms with Gasteiger partial charge in [0, 0.05) is 0 Å². The highest BCUT2D eigenvalue weighted by molar-refractivity contribution is 5.06. The van der Waals surface area contributed by atoms with Crippen LogP contribution in [0, 0.1) is 23.7 Å². The van der Waals surface area contributed by atoms with Gasteiger partial charge in [0.05, 0.1) is 0 Å². The second-order valence-electron chi connectivity index (χ2n) is 7.74. The van der Waals surface area contributed by atoms with Gasteiger partial charge in [-0.15, -0.1) is 0 Å². The molecule has 0 aromatic heterocycles. The maximum Gasteiger partial charge on any atom is -0.0175 e. The molecule has 0 saturated heterocycles. The molecule has 0 nitrogen and oxygen atoms in total. The second-order valence-corrected chi connectivity index (χ2v) is 7.74. The summed E-state index contributed by atoms with van der Waals surface area (Å²) in [5, 5.41) is 0. The Morgan fingerprint density at radius 1 is 1.05 bits per heavy atom. The molecule has 0 heterocycles. The molecule has 0 spiro atoms. The van der Waals surface area contributed by atoms with Gasteiger partial charge >= 0.3 is 0 Å². The summed E-state index contributed by atoms with van der Waals surface area (Å²) in [5.74, 6) is 3.53. The second kappa shape index (κ2) is 10.5. The van der Waals surface area contributed by atoms with Crippen LogP contribution in [-0.2, 0) is 0 Å². The fourth-order valence-electron chi connectivity index (χ4n) is 4.10. The van der Waals surface area contributed by atoms with Crippen LogP contribution in [0.5, 0.6) is 0 Å². The first kappa shape index (κ1) is 18.8. The van der Waals surface area contributed by atoms with Crippen molar-refractivity contribution in [1.82, 2.24) is 0 Å². The van der Waals surface area contributed by atoms with Gasteiger partial charge in [-0.05, 0) is 49.4 Å². The Balaban J connectivity index is 2.59. The smallest absolute Gasteiger partial charge is 0.0175 e. The number of hydrogen-bond donors (Lipinski definition) is 0. The highest BCUT2D eigenvalue weighted by atomic mass is 14.3. The summed E-state index contributed by atoms with van der Waals surface area (Å²) < 4.78 is 0. The average molecular weight is 293 g/mol. The quantitative estimate of drug-likeness (QED) is 0.291. The minimum Gasteiger partial charge on any atom is -0.0996 e. The first-order chi connectivity index (χ1) is 10.1. The van der Waals surface area contributed by atoms with Crippen LogP contribution in [0.25, 0.3) is 0 Å². The van der Waals surface area contributed by atoms with Gasteiger partial charge in [-0.25, -0.2) is 0 Å². The summed E-state index contributed by atoms with van der Waals surface area (Å²) >= 11 is 0. The van der Waals surface area contributed by atoms with Crippen LogP contribution in [0.1, 0.15) is 98.3 Å². The molecule has 0 radical (unpaired) electrons. The first-order valence-electron chi connectivity index (χ1n) is 9.77. The molecule has 4 atom stereocenters. The van der Waals surface area contributed by atoms with E-state index in [1.54, 1.807) is 5.57 Å². The minimum absolute atomic E-state index is 0.836. The molecule has 0 bridgehead atoms. The summed E-state index contributed by atoms with van der Waals surface area (Å²) in [6, 6.07) is 0. The number of hydrogen-bond acceptors (Lipinski definition) is 0. The Morgan fingerprint density at radius 2 is 1.81 bits per heavy atom. The molecule has 1 fully saturated rings. The van der Waals surface area contributed by atoms with Gasteiger partial charge in [0.15, 0.2) is 0 Å². The van der Waals surface area contributed by atoms with Crippen molar-refractivity contribution >= 4 is 0 Å². The topological polar surface area (TPSA) is 0 Å². The Bertz CT molecular complexity index is 278. The van der Waals surface area contributed by atoms with E-state index in [4.69, 9.17) is 0 Å². The fraction of sp³-hybridized carbons (Fsp3) is 0.905. The van der Waals surface area contributed by atoms with Crippen molar-refractivity contribution in [3.8, 4) is 0 Å². The van der Waals surface area contributed by atoms with E-state index in [0.717, 1.165) is 23.7 Å². The maximum absolute atomic E-state index is 4.44.